The molecule has 104 valence electrons. The highest BCUT2D eigenvalue weighted by molar-refractivity contribution is 5.81. The van der Waals surface area contributed by atoms with Crippen molar-refractivity contribution in [2.45, 2.75) is 24.7 Å². The molecule has 0 spiro atoms. The Balaban J connectivity index is 2.03. The topological polar surface area (TPSA) is 99.1 Å². The summed E-state index contributed by atoms with van der Waals surface area (Å²) < 4.78 is 20.5. The molecule has 8 heteroatoms. The van der Waals surface area contributed by atoms with Crippen LogP contribution < -0.4 is 5.73 Å². The number of rotatable bonds is 2. The van der Waals surface area contributed by atoms with Gasteiger partial charge in [-0.1, -0.05) is 5.92 Å². The maximum atomic E-state index is 13.3. The van der Waals surface area contributed by atoms with Gasteiger partial charge in [0.1, 0.15) is 6.23 Å². The number of ether oxygens (including phenoxy) is 1. The van der Waals surface area contributed by atoms with Gasteiger partial charge in [0.05, 0.1) is 12.9 Å². The lowest BCUT2D eigenvalue weighted by Gasteiger charge is -2.21. The highest BCUT2D eigenvalue weighted by Gasteiger charge is 2.39. The Morgan fingerprint density at radius 1 is 1.65 bits per heavy atom. The van der Waals surface area contributed by atoms with Gasteiger partial charge in [-0.2, -0.15) is 14.4 Å². The van der Waals surface area contributed by atoms with Crippen LogP contribution in [0.15, 0.2) is 6.33 Å². The van der Waals surface area contributed by atoms with Gasteiger partial charge >= 0.3 is 6.08 Å². The number of nitrogens with zero attached hydrogens (tertiary/aromatic N) is 4. The third kappa shape index (κ3) is 1.79. The monoisotopic (exact) mass is 277 g/mol. The van der Waals surface area contributed by atoms with Crippen LogP contribution in [-0.4, -0.2) is 36.8 Å². The molecule has 1 aliphatic rings. The summed E-state index contributed by atoms with van der Waals surface area (Å²) in [6.07, 6.45) is 6.48. The van der Waals surface area contributed by atoms with Crippen LogP contribution in [0.3, 0.4) is 0 Å². The minimum absolute atomic E-state index is 0.0328. The van der Waals surface area contributed by atoms with Gasteiger partial charge in [0, 0.05) is 0 Å². The number of aliphatic hydroxyl groups excluding tert-OH is 1. The highest BCUT2D eigenvalue weighted by Crippen LogP contribution is 2.37. The fourth-order valence-electron chi connectivity index (χ4n) is 2.32. The van der Waals surface area contributed by atoms with E-state index in [-0.39, 0.29) is 18.1 Å². The van der Waals surface area contributed by atoms with Gasteiger partial charge < -0.3 is 15.6 Å². The molecule has 0 bridgehead atoms. The summed E-state index contributed by atoms with van der Waals surface area (Å²) in [6.45, 7) is -0.280. The molecule has 0 saturated carbocycles. The molecule has 3 rings (SSSR count). The van der Waals surface area contributed by atoms with Gasteiger partial charge in [-0.15, -0.1) is 6.42 Å². The number of fused-ring (bicyclic) bond motifs is 1. The van der Waals surface area contributed by atoms with Crippen LogP contribution in [0.4, 0.5) is 10.2 Å². The second-order valence-electron chi connectivity index (χ2n) is 4.61. The Bertz CT molecular complexity index is 710. The van der Waals surface area contributed by atoms with Crippen molar-refractivity contribution in [2.75, 3.05) is 12.3 Å². The van der Waals surface area contributed by atoms with E-state index in [1.807, 2.05) is 0 Å². The van der Waals surface area contributed by atoms with E-state index in [0.717, 1.165) is 0 Å². The molecule has 0 amide bonds. The standard InChI is InChI=1S/C12H12FN5O2/c1-2-12(5-19)4-3-7(20-12)18-6-15-8-9(14)16-11(13)17-10(8)18/h1,6-7,19H,3-5H2,(H2,14,16,17). The maximum absolute atomic E-state index is 13.3. The lowest BCUT2D eigenvalue weighted by atomic mass is 10.0. The van der Waals surface area contributed by atoms with E-state index in [4.69, 9.17) is 16.9 Å². The van der Waals surface area contributed by atoms with Crippen molar-refractivity contribution >= 4 is 17.0 Å². The van der Waals surface area contributed by atoms with Gasteiger partial charge in [0.25, 0.3) is 0 Å². The first-order valence-electron chi connectivity index (χ1n) is 6.00. The first-order valence-corrected chi connectivity index (χ1v) is 6.00. The van der Waals surface area contributed by atoms with E-state index >= 15 is 0 Å². The van der Waals surface area contributed by atoms with Gasteiger partial charge in [0.2, 0.25) is 0 Å². The van der Waals surface area contributed by atoms with E-state index in [1.54, 1.807) is 4.57 Å². The summed E-state index contributed by atoms with van der Waals surface area (Å²) >= 11 is 0. The summed E-state index contributed by atoms with van der Waals surface area (Å²) in [5.41, 5.74) is 5.12. The Labute approximate surface area is 113 Å². The van der Waals surface area contributed by atoms with Crippen molar-refractivity contribution in [1.82, 2.24) is 19.5 Å². The predicted molar refractivity (Wildman–Crippen MR) is 67.7 cm³/mol. The zero-order valence-electron chi connectivity index (χ0n) is 10.5. The average Bonchev–Trinajstić information content (AvgIpc) is 3.02. The second-order valence-corrected chi connectivity index (χ2v) is 4.61. The average molecular weight is 277 g/mol. The number of hydrogen-bond donors (Lipinski definition) is 2. The number of hydrogen-bond acceptors (Lipinski definition) is 6. The van der Waals surface area contributed by atoms with Crippen LogP contribution in [0.25, 0.3) is 11.2 Å². The van der Waals surface area contributed by atoms with Crippen LogP contribution in [0.2, 0.25) is 0 Å². The van der Waals surface area contributed by atoms with Crippen molar-refractivity contribution in [1.29, 1.82) is 0 Å². The number of aromatic nitrogens is 4. The highest BCUT2D eigenvalue weighted by atomic mass is 19.1. The zero-order valence-corrected chi connectivity index (χ0v) is 10.5. The number of aliphatic hydroxyl groups is 1. The van der Waals surface area contributed by atoms with Crippen molar-refractivity contribution in [2.24, 2.45) is 0 Å². The van der Waals surface area contributed by atoms with Gasteiger partial charge in [-0.05, 0) is 12.8 Å². The Hall–Kier alpha value is -2.24. The molecule has 7 nitrogen and oxygen atoms in total. The molecule has 2 atom stereocenters. The van der Waals surface area contributed by atoms with E-state index in [9.17, 15) is 9.50 Å². The third-order valence-electron chi connectivity index (χ3n) is 3.41. The fraction of sp³-hybridized carbons (Fsp3) is 0.417. The molecule has 3 N–H and O–H groups in total. The maximum Gasteiger partial charge on any atom is 0.312 e. The van der Waals surface area contributed by atoms with Gasteiger partial charge in [-0.3, -0.25) is 4.57 Å². The summed E-state index contributed by atoms with van der Waals surface area (Å²) in [6, 6.07) is 0. The molecule has 1 fully saturated rings. The number of imidazole rings is 1. The van der Waals surface area contributed by atoms with Crippen LogP contribution in [0.1, 0.15) is 19.1 Å². The van der Waals surface area contributed by atoms with E-state index in [1.165, 1.54) is 6.33 Å². The van der Waals surface area contributed by atoms with E-state index in [2.05, 4.69) is 20.9 Å². The number of terminal acetylenes is 1. The molecule has 0 aromatic carbocycles. The van der Waals surface area contributed by atoms with E-state index < -0.39 is 17.9 Å². The van der Waals surface area contributed by atoms with E-state index in [0.29, 0.717) is 18.4 Å². The van der Waals surface area contributed by atoms with Gasteiger partial charge in [0.15, 0.2) is 22.6 Å². The molecule has 2 unspecified atom stereocenters. The number of halogens is 1. The molecule has 2 aromatic rings. The first kappa shape index (κ1) is 12.8. The molecule has 20 heavy (non-hydrogen) atoms. The van der Waals surface area contributed by atoms with Gasteiger partial charge in [-0.25, -0.2) is 4.98 Å². The van der Waals surface area contributed by atoms with Crippen LogP contribution in [0, 0.1) is 18.4 Å². The largest absolute Gasteiger partial charge is 0.392 e. The van der Waals surface area contributed by atoms with Crippen LogP contribution in [-0.2, 0) is 4.74 Å². The lowest BCUT2D eigenvalue weighted by molar-refractivity contribution is -0.0618. The summed E-state index contributed by atoms with van der Waals surface area (Å²) in [4.78, 5) is 11.2. The molecular formula is C12H12FN5O2. The molecule has 1 aliphatic heterocycles. The van der Waals surface area contributed by atoms with Crippen molar-refractivity contribution in [3.05, 3.63) is 12.4 Å². The Kier molecular flexibility index (Phi) is 2.81. The fourth-order valence-corrected chi connectivity index (χ4v) is 2.32. The minimum atomic E-state index is -1.02. The third-order valence-corrected chi connectivity index (χ3v) is 3.41. The second kappa shape index (κ2) is 4.40. The van der Waals surface area contributed by atoms with Crippen molar-refractivity contribution in [3.63, 3.8) is 0 Å². The number of nitrogens with two attached hydrogens (primary N) is 1. The molecular weight excluding hydrogens is 265 g/mol. The first-order chi connectivity index (χ1) is 9.58. The zero-order chi connectivity index (χ0) is 14.3. The Morgan fingerprint density at radius 3 is 3.10 bits per heavy atom. The molecule has 0 radical (unpaired) electrons. The molecule has 0 aliphatic carbocycles. The molecule has 2 aromatic heterocycles. The predicted octanol–water partition coefficient (Wildman–Crippen LogP) is 0.221. The quantitative estimate of drug-likeness (QED) is 0.602. The smallest absolute Gasteiger partial charge is 0.312 e. The molecule has 1 saturated heterocycles. The SMILES string of the molecule is C#CC1(CO)CCC(n2cnc3c(N)nc(F)nc32)O1. The van der Waals surface area contributed by atoms with Crippen LogP contribution in [0.5, 0.6) is 0 Å². The normalized spacial score (nSPS) is 25.9. The summed E-state index contributed by atoms with van der Waals surface area (Å²) in [5.74, 6) is 2.42. The molecule has 3 heterocycles. The van der Waals surface area contributed by atoms with Crippen molar-refractivity contribution < 1.29 is 14.2 Å². The number of nitrogen functional groups attached to an aromatic ring is 1. The van der Waals surface area contributed by atoms with Crippen molar-refractivity contribution in [3.8, 4) is 12.3 Å². The van der Waals surface area contributed by atoms with Crippen LogP contribution >= 0.6 is 0 Å². The lowest BCUT2D eigenvalue weighted by Crippen LogP contribution is -2.31. The minimum Gasteiger partial charge on any atom is -0.392 e. The number of anilines is 1. The Morgan fingerprint density at radius 2 is 2.45 bits per heavy atom. The summed E-state index contributed by atoms with van der Waals surface area (Å²) in [5, 5.41) is 9.34. The summed E-state index contributed by atoms with van der Waals surface area (Å²) in [7, 11) is 0.